The van der Waals surface area contributed by atoms with Gasteiger partial charge in [-0.05, 0) is 36.3 Å². The van der Waals surface area contributed by atoms with Crippen molar-refractivity contribution in [2.24, 2.45) is 0 Å². The fourth-order valence-corrected chi connectivity index (χ4v) is 2.13. The van der Waals surface area contributed by atoms with Crippen molar-refractivity contribution in [1.82, 2.24) is 5.32 Å². The monoisotopic (exact) mass is 333 g/mol. The van der Waals surface area contributed by atoms with Gasteiger partial charge in [0.1, 0.15) is 6.42 Å². The highest BCUT2D eigenvalue weighted by Gasteiger charge is 2.02. The van der Waals surface area contributed by atoms with Crippen LogP contribution < -0.4 is 10.6 Å². The Balaban J connectivity index is 1.92. The summed E-state index contributed by atoms with van der Waals surface area (Å²) in [5.74, 6) is -0.552. The number of benzene rings is 2. The molecule has 0 spiro atoms. The van der Waals surface area contributed by atoms with Crippen LogP contribution in [-0.2, 0) is 16.1 Å². The molecule has 2 rings (SSSR count). The van der Waals surface area contributed by atoms with Crippen LogP contribution in [-0.4, -0.2) is 11.8 Å². The molecule has 2 aromatic carbocycles. The lowest BCUT2D eigenvalue weighted by Crippen LogP contribution is -2.21. The van der Waals surface area contributed by atoms with E-state index in [1.807, 2.05) is 37.3 Å². The third-order valence-electron chi connectivity index (χ3n) is 3.43. The van der Waals surface area contributed by atoms with Crippen molar-refractivity contribution in [3.05, 3.63) is 71.3 Å². The van der Waals surface area contributed by atoms with Gasteiger partial charge in [0.05, 0.1) is 6.07 Å². The Kier molecular flexibility index (Phi) is 6.49. The molecule has 126 valence electrons. The van der Waals surface area contributed by atoms with Crippen LogP contribution in [0.3, 0.4) is 0 Å². The predicted molar refractivity (Wildman–Crippen MR) is 97.4 cm³/mol. The molecule has 0 aliphatic carbocycles. The molecule has 0 fully saturated rings. The summed E-state index contributed by atoms with van der Waals surface area (Å²) >= 11 is 0. The van der Waals surface area contributed by atoms with E-state index >= 15 is 0 Å². The van der Waals surface area contributed by atoms with E-state index in [0.29, 0.717) is 12.2 Å². The summed E-state index contributed by atoms with van der Waals surface area (Å²) < 4.78 is 0. The third-order valence-corrected chi connectivity index (χ3v) is 3.43. The zero-order valence-corrected chi connectivity index (χ0v) is 14.0. The van der Waals surface area contributed by atoms with Gasteiger partial charge in [-0.2, -0.15) is 5.26 Å². The predicted octanol–water partition coefficient (Wildman–Crippen LogP) is 3.18. The van der Waals surface area contributed by atoms with Gasteiger partial charge in [-0.15, -0.1) is 0 Å². The van der Waals surface area contributed by atoms with E-state index in [-0.39, 0.29) is 18.2 Å². The molecule has 0 bridgehead atoms. The molecule has 0 atom stereocenters. The highest BCUT2D eigenvalue weighted by atomic mass is 16.2. The van der Waals surface area contributed by atoms with Gasteiger partial charge in [0.2, 0.25) is 11.8 Å². The molecule has 25 heavy (non-hydrogen) atoms. The molecule has 0 saturated carbocycles. The number of carbonyl (C=O) groups excluding carboxylic acids is 2. The summed E-state index contributed by atoms with van der Waals surface area (Å²) in [6.07, 6.45) is 3.06. The van der Waals surface area contributed by atoms with Crippen molar-refractivity contribution in [2.45, 2.75) is 19.9 Å². The zero-order valence-electron chi connectivity index (χ0n) is 14.0. The minimum atomic E-state index is -0.321. The fourth-order valence-electron chi connectivity index (χ4n) is 2.13. The first kappa shape index (κ1) is 18.0. The van der Waals surface area contributed by atoms with E-state index in [1.54, 1.807) is 30.3 Å². The lowest BCUT2D eigenvalue weighted by atomic mass is 10.1. The number of carbonyl (C=O) groups is 2. The average molecular weight is 333 g/mol. The van der Waals surface area contributed by atoms with E-state index in [1.165, 1.54) is 11.6 Å². The maximum absolute atomic E-state index is 12.0. The van der Waals surface area contributed by atoms with Crippen molar-refractivity contribution in [1.29, 1.82) is 5.26 Å². The summed E-state index contributed by atoms with van der Waals surface area (Å²) in [6.45, 7) is 2.32. The molecule has 0 aliphatic rings. The standard InChI is InChI=1S/C20H19N3O2/c1-15-5-7-16(8-6-15)9-10-20(25)23-18-4-2-3-17(13-18)14-22-19(24)11-12-21/h2-10,13H,11,14H2,1H3,(H,22,24)(H,23,25)/b10-9+. The normalized spacial score (nSPS) is 10.2. The number of anilines is 1. The Labute approximate surface area is 147 Å². The molecule has 0 unspecified atom stereocenters. The molecule has 5 heteroatoms. The first-order chi connectivity index (χ1) is 12.1. The molecule has 5 nitrogen and oxygen atoms in total. The Morgan fingerprint density at radius 2 is 1.92 bits per heavy atom. The number of nitrogens with zero attached hydrogens (tertiary/aromatic N) is 1. The summed E-state index contributed by atoms with van der Waals surface area (Å²) in [7, 11) is 0. The van der Waals surface area contributed by atoms with Gasteiger partial charge in [-0.3, -0.25) is 9.59 Å². The van der Waals surface area contributed by atoms with Gasteiger partial charge in [-0.25, -0.2) is 0 Å². The van der Waals surface area contributed by atoms with Crippen LogP contribution in [0.15, 0.2) is 54.6 Å². The van der Waals surface area contributed by atoms with Crippen LogP contribution in [0.2, 0.25) is 0 Å². The number of amides is 2. The van der Waals surface area contributed by atoms with Crippen LogP contribution in [0.5, 0.6) is 0 Å². The molecule has 2 amide bonds. The largest absolute Gasteiger partial charge is 0.351 e. The molecule has 0 radical (unpaired) electrons. The van der Waals surface area contributed by atoms with Gasteiger partial charge < -0.3 is 10.6 Å². The molecule has 0 aliphatic heterocycles. The first-order valence-electron chi connectivity index (χ1n) is 7.85. The maximum atomic E-state index is 12.0. The van der Waals surface area contributed by atoms with Crippen LogP contribution in [0.4, 0.5) is 5.69 Å². The summed E-state index contributed by atoms with van der Waals surface area (Å²) in [5, 5.41) is 13.9. The molecular formula is C20H19N3O2. The van der Waals surface area contributed by atoms with E-state index in [9.17, 15) is 9.59 Å². The summed E-state index contributed by atoms with van der Waals surface area (Å²) in [5.41, 5.74) is 3.60. The average Bonchev–Trinajstić information content (AvgIpc) is 2.60. The first-order valence-corrected chi connectivity index (χ1v) is 7.85. The lowest BCUT2D eigenvalue weighted by molar-refractivity contribution is -0.120. The van der Waals surface area contributed by atoms with Gasteiger partial charge in [0, 0.05) is 18.3 Å². The topological polar surface area (TPSA) is 82.0 Å². The Hall–Kier alpha value is -3.39. The molecule has 2 aromatic rings. The molecule has 2 N–H and O–H groups in total. The second-order valence-corrected chi connectivity index (χ2v) is 5.55. The number of hydrogen-bond donors (Lipinski definition) is 2. The van der Waals surface area contributed by atoms with Gasteiger partial charge in [0.15, 0.2) is 0 Å². The summed E-state index contributed by atoms with van der Waals surface area (Å²) in [6, 6.07) is 16.9. The molecule has 0 aromatic heterocycles. The van der Waals surface area contributed by atoms with Crippen LogP contribution in [0.25, 0.3) is 6.08 Å². The van der Waals surface area contributed by atoms with Crippen LogP contribution >= 0.6 is 0 Å². The van der Waals surface area contributed by atoms with Crippen molar-refractivity contribution >= 4 is 23.6 Å². The number of hydrogen-bond acceptors (Lipinski definition) is 3. The number of nitriles is 1. The second kappa shape index (κ2) is 9.04. The van der Waals surface area contributed by atoms with Crippen molar-refractivity contribution in [2.75, 3.05) is 5.32 Å². The number of rotatable bonds is 6. The molecule has 0 saturated heterocycles. The van der Waals surface area contributed by atoms with Gasteiger partial charge >= 0.3 is 0 Å². The Morgan fingerprint density at radius 1 is 1.16 bits per heavy atom. The molecular weight excluding hydrogens is 314 g/mol. The zero-order chi connectivity index (χ0) is 18.1. The minimum absolute atomic E-state index is 0.166. The van der Waals surface area contributed by atoms with Crippen LogP contribution in [0, 0.1) is 18.3 Å². The highest BCUT2D eigenvalue weighted by Crippen LogP contribution is 2.11. The lowest BCUT2D eigenvalue weighted by Gasteiger charge is -2.07. The number of aryl methyl sites for hydroxylation is 1. The highest BCUT2D eigenvalue weighted by molar-refractivity contribution is 6.01. The SMILES string of the molecule is Cc1ccc(/C=C/C(=O)Nc2cccc(CNC(=O)CC#N)c2)cc1. The summed E-state index contributed by atoms with van der Waals surface area (Å²) in [4.78, 5) is 23.3. The van der Waals surface area contributed by atoms with E-state index < -0.39 is 0 Å². The van der Waals surface area contributed by atoms with E-state index in [4.69, 9.17) is 5.26 Å². The number of nitrogens with one attached hydrogen (secondary N) is 2. The van der Waals surface area contributed by atoms with Crippen molar-refractivity contribution in [3.63, 3.8) is 0 Å². The quantitative estimate of drug-likeness (QED) is 0.797. The van der Waals surface area contributed by atoms with Gasteiger partial charge in [-0.1, -0.05) is 42.0 Å². The Morgan fingerprint density at radius 3 is 2.64 bits per heavy atom. The second-order valence-electron chi connectivity index (χ2n) is 5.55. The fraction of sp³-hybridized carbons (Fsp3) is 0.150. The van der Waals surface area contributed by atoms with Crippen LogP contribution in [0.1, 0.15) is 23.1 Å². The maximum Gasteiger partial charge on any atom is 0.248 e. The van der Waals surface area contributed by atoms with Crippen molar-refractivity contribution in [3.8, 4) is 6.07 Å². The molecule has 0 heterocycles. The Bertz CT molecular complexity index is 818. The van der Waals surface area contributed by atoms with E-state index in [2.05, 4.69) is 10.6 Å². The third kappa shape index (κ3) is 6.32. The van der Waals surface area contributed by atoms with Crippen molar-refractivity contribution < 1.29 is 9.59 Å². The minimum Gasteiger partial charge on any atom is -0.351 e. The van der Waals surface area contributed by atoms with Gasteiger partial charge in [0.25, 0.3) is 0 Å². The smallest absolute Gasteiger partial charge is 0.248 e. The van der Waals surface area contributed by atoms with E-state index in [0.717, 1.165) is 11.1 Å².